The van der Waals surface area contributed by atoms with E-state index in [9.17, 15) is 0 Å². The molecule has 0 amide bonds. The highest BCUT2D eigenvalue weighted by molar-refractivity contribution is 6.83. The van der Waals surface area contributed by atoms with Gasteiger partial charge in [0, 0.05) is 16.2 Å². The van der Waals surface area contributed by atoms with Gasteiger partial charge in [0.15, 0.2) is 5.59 Å². The average Bonchev–Trinajstić information content (AvgIpc) is 2.63. The molecule has 0 bridgehead atoms. The molecule has 1 aliphatic heterocycles. The molecule has 25 heavy (non-hydrogen) atoms. The molecule has 2 aromatic carbocycles. The summed E-state index contributed by atoms with van der Waals surface area (Å²) < 4.78 is 26.3. The van der Waals surface area contributed by atoms with E-state index in [1.165, 1.54) is 16.5 Å². The first-order valence-corrected chi connectivity index (χ1v) is 8.63. The maximum Gasteiger partial charge on any atom is 0.404 e. The van der Waals surface area contributed by atoms with Gasteiger partial charge in [0.05, 0.1) is 5.39 Å². The van der Waals surface area contributed by atoms with E-state index in [1.54, 1.807) is 6.08 Å². The standard InChI is InChI=1S/C22H24BN2/c1-15-9-8-12-20-22(15)16(2)13-21(24(20)4)23-19-11-7-6-10-18(19)14-17(3)25(23)5/h6-14H,1-5H3/q+1/i3D3. The maximum absolute atomic E-state index is 8.02. The van der Waals surface area contributed by atoms with Crippen molar-refractivity contribution in [3.8, 4) is 0 Å². The fraction of sp³-hybridized carbons (Fsp3) is 0.227. The van der Waals surface area contributed by atoms with Crippen LogP contribution >= 0.6 is 0 Å². The molecule has 3 aromatic rings. The van der Waals surface area contributed by atoms with Crippen LogP contribution in [0.15, 0.2) is 54.2 Å². The highest BCUT2D eigenvalue weighted by Gasteiger charge is 2.37. The summed E-state index contributed by atoms with van der Waals surface area (Å²) in [4.78, 5) is 1.91. The van der Waals surface area contributed by atoms with Crippen molar-refractivity contribution >= 4 is 34.9 Å². The SMILES string of the molecule is [2H]C([2H])([2H])C1=Cc2ccccc2B(c2cc(C)c3c(C)cccc3[n+]2C)N1C. The minimum atomic E-state index is -2.17. The predicted molar refractivity (Wildman–Crippen MR) is 107 cm³/mol. The smallest absolute Gasteiger partial charge is 0.404 e. The van der Waals surface area contributed by atoms with Gasteiger partial charge in [-0.25, -0.2) is 4.57 Å². The Labute approximate surface area is 154 Å². The third-order valence-corrected chi connectivity index (χ3v) is 5.39. The van der Waals surface area contributed by atoms with Crippen molar-refractivity contribution in [2.75, 3.05) is 7.05 Å². The Morgan fingerprint density at radius 3 is 2.64 bits per heavy atom. The molecule has 0 N–H and O–H groups in total. The number of allylic oxidation sites excluding steroid dienone is 1. The first-order valence-electron chi connectivity index (χ1n) is 10.1. The molecule has 0 spiro atoms. The zero-order chi connectivity index (χ0) is 20.2. The second-order valence-corrected chi connectivity index (χ2v) is 6.95. The topological polar surface area (TPSA) is 7.12 Å². The number of benzene rings is 2. The van der Waals surface area contributed by atoms with E-state index >= 15 is 0 Å². The Bertz CT molecular complexity index is 1120. The van der Waals surface area contributed by atoms with E-state index in [0.29, 0.717) is 5.70 Å². The summed E-state index contributed by atoms with van der Waals surface area (Å²) in [5.74, 6) is 0. The number of fused-ring (bicyclic) bond motifs is 2. The third-order valence-electron chi connectivity index (χ3n) is 5.39. The van der Waals surface area contributed by atoms with Crippen molar-refractivity contribution in [2.45, 2.75) is 20.7 Å². The largest absolute Gasteiger partial charge is 0.408 e. The van der Waals surface area contributed by atoms with Gasteiger partial charge in [-0.1, -0.05) is 36.4 Å². The van der Waals surface area contributed by atoms with E-state index in [-0.39, 0.29) is 6.85 Å². The number of hydrogen-bond donors (Lipinski definition) is 0. The van der Waals surface area contributed by atoms with Crippen LogP contribution in [0.1, 0.15) is 27.7 Å². The van der Waals surface area contributed by atoms with Crippen molar-refractivity contribution in [1.29, 1.82) is 0 Å². The maximum atomic E-state index is 8.02. The summed E-state index contributed by atoms with van der Waals surface area (Å²) in [6.07, 6.45) is 1.80. The molecule has 0 fully saturated rings. The number of nitrogens with zero attached hydrogens (tertiary/aromatic N) is 2. The molecule has 3 heteroatoms. The summed E-state index contributed by atoms with van der Waals surface area (Å²) >= 11 is 0. The van der Waals surface area contributed by atoms with Gasteiger partial charge in [-0.2, -0.15) is 0 Å². The van der Waals surface area contributed by atoms with Crippen LogP contribution < -0.4 is 15.6 Å². The predicted octanol–water partition coefficient (Wildman–Crippen LogP) is 2.69. The highest BCUT2D eigenvalue weighted by atomic mass is 15.1. The van der Waals surface area contributed by atoms with Gasteiger partial charge in [0.1, 0.15) is 7.05 Å². The quantitative estimate of drug-likeness (QED) is 0.492. The van der Waals surface area contributed by atoms with Crippen molar-refractivity contribution in [2.24, 2.45) is 7.05 Å². The molecular weight excluding hydrogens is 303 g/mol. The van der Waals surface area contributed by atoms with Crippen LogP contribution in [-0.4, -0.2) is 18.7 Å². The van der Waals surface area contributed by atoms with E-state index in [4.69, 9.17) is 4.11 Å². The molecule has 0 saturated heterocycles. The van der Waals surface area contributed by atoms with Gasteiger partial charge >= 0.3 is 6.85 Å². The Morgan fingerprint density at radius 1 is 1.04 bits per heavy atom. The molecule has 2 nitrogen and oxygen atoms in total. The van der Waals surface area contributed by atoms with Crippen LogP contribution in [0.25, 0.3) is 17.0 Å². The third kappa shape index (κ3) is 2.38. The normalized spacial score (nSPS) is 16.2. The minimum absolute atomic E-state index is 0.162. The first-order chi connectivity index (χ1) is 13.2. The number of pyridine rings is 1. The Balaban J connectivity index is 2.01. The van der Waals surface area contributed by atoms with Crippen molar-refractivity contribution in [3.63, 3.8) is 0 Å². The molecule has 1 aliphatic rings. The van der Waals surface area contributed by atoms with Gasteiger partial charge in [0.2, 0.25) is 5.52 Å². The molecular formula is C22H24BN2+. The van der Waals surface area contributed by atoms with Crippen molar-refractivity contribution in [3.05, 3.63) is 70.9 Å². The van der Waals surface area contributed by atoms with Crippen LogP contribution in [0.2, 0.25) is 0 Å². The van der Waals surface area contributed by atoms with Crippen molar-refractivity contribution < 1.29 is 8.68 Å². The second-order valence-electron chi connectivity index (χ2n) is 6.95. The molecule has 0 aliphatic carbocycles. The lowest BCUT2D eigenvalue weighted by Crippen LogP contribution is -2.66. The zero-order valence-corrected chi connectivity index (χ0v) is 15.2. The fourth-order valence-corrected chi connectivity index (χ4v) is 4.08. The van der Waals surface area contributed by atoms with Crippen molar-refractivity contribution in [1.82, 2.24) is 4.81 Å². The van der Waals surface area contributed by atoms with Crippen LogP contribution in [0.5, 0.6) is 0 Å². The summed E-state index contributed by atoms with van der Waals surface area (Å²) in [6, 6.07) is 16.6. The van der Waals surface area contributed by atoms with Gasteiger partial charge in [-0.15, -0.1) is 0 Å². The molecule has 0 radical (unpaired) electrons. The van der Waals surface area contributed by atoms with Gasteiger partial charge in [-0.05, 0) is 61.7 Å². The Kier molecular flexibility index (Phi) is 2.94. The summed E-state index contributed by atoms with van der Waals surface area (Å²) in [6.45, 7) is 1.94. The fourth-order valence-electron chi connectivity index (χ4n) is 4.08. The van der Waals surface area contributed by atoms with E-state index in [2.05, 4.69) is 55.8 Å². The minimum Gasteiger partial charge on any atom is -0.408 e. The summed E-state index contributed by atoms with van der Waals surface area (Å²) in [7, 11) is 3.95. The molecule has 4 rings (SSSR count). The number of aryl methyl sites for hydroxylation is 3. The van der Waals surface area contributed by atoms with Gasteiger partial charge in [0.25, 0.3) is 0 Å². The molecule has 0 unspecified atom stereocenters. The Hall–Kier alpha value is -2.55. The van der Waals surface area contributed by atoms with Crippen LogP contribution in [0.3, 0.4) is 0 Å². The number of aromatic nitrogens is 1. The van der Waals surface area contributed by atoms with Crippen LogP contribution in [0.4, 0.5) is 0 Å². The van der Waals surface area contributed by atoms with E-state index in [1.807, 2.05) is 30.1 Å². The lowest BCUT2D eigenvalue weighted by atomic mass is 9.48. The molecule has 0 atom stereocenters. The average molecular weight is 330 g/mol. The molecule has 124 valence electrons. The summed E-state index contributed by atoms with van der Waals surface area (Å²) in [5.41, 5.74) is 7.16. The van der Waals surface area contributed by atoms with Gasteiger partial charge in [-0.3, -0.25) is 0 Å². The van der Waals surface area contributed by atoms with E-state index < -0.39 is 6.85 Å². The Morgan fingerprint density at radius 2 is 1.84 bits per heavy atom. The highest BCUT2D eigenvalue weighted by Crippen LogP contribution is 2.20. The molecule has 1 aromatic heterocycles. The van der Waals surface area contributed by atoms with Gasteiger partial charge < -0.3 is 4.81 Å². The zero-order valence-electron chi connectivity index (χ0n) is 18.2. The first kappa shape index (κ1) is 12.8. The number of rotatable bonds is 1. The molecule has 2 heterocycles. The van der Waals surface area contributed by atoms with Crippen LogP contribution in [-0.2, 0) is 7.05 Å². The lowest BCUT2D eigenvalue weighted by Gasteiger charge is -2.31. The number of hydrogen-bond acceptors (Lipinski definition) is 1. The summed E-state index contributed by atoms with van der Waals surface area (Å²) in [5, 5.41) is 1.26. The second kappa shape index (κ2) is 5.77. The lowest BCUT2D eigenvalue weighted by molar-refractivity contribution is -0.627. The molecule has 0 saturated carbocycles. The monoisotopic (exact) mass is 330 g/mol. The van der Waals surface area contributed by atoms with E-state index in [0.717, 1.165) is 22.1 Å². The van der Waals surface area contributed by atoms with Crippen LogP contribution in [0, 0.1) is 13.8 Å².